The lowest BCUT2D eigenvalue weighted by Crippen LogP contribution is -2.31. The summed E-state index contributed by atoms with van der Waals surface area (Å²) in [4.78, 5) is 6.92. The number of rotatable bonds is 3. The van der Waals surface area contributed by atoms with Crippen LogP contribution in [0.25, 0.3) is 0 Å². The summed E-state index contributed by atoms with van der Waals surface area (Å²) in [5.74, 6) is 1.12. The molecule has 17 heavy (non-hydrogen) atoms. The Morgan fingerprint density at radius 2 is 2.18 bits per heavy atom. The highest BCUT2D eigenvalue weighted by atomic mass is 79.9. The van der Waals surface area contributed by atoms with Crippen molar-refractivity contribution < 1.29 is 0 Å². The van der Waals surface area contributed by atoms with E-state index in [9.17, 15) is 0 Å². The number of allylic oxidation sites excluding steroid dienone is 3. The topological polar surface area (TPSA) is 15.6 Å². The van der Waals surface area contributed by atoms with E-state index in [0.717, 1.165) is 23.3 Å². The first kappa shape index (κ1) is 14.5. The fourth-order valence-electron chi connectivity index (χ4n) is 2.02. The second-order valence-corrected chi connectivity index (χ2v) is 5.63. The number of amidine groups is 1. The quantitative estimate of drug-likeness (QED) is 0.426. The van der Waals surface area contributed by atoms with Gasteiger partial charge in [-0.1, -0.05) is 12.5 Å². The third-order valence-corrected chi connectivity index (χ3v) is 3.72. The van der Waals surface area contributed by atoms with Crippen molar-refractivity contribution in [2.24, 2.45) is 4.99 Å². The first-order valence-electron chi connectivity index (χ1n) is 6.38. The van der Waals surface area contributed by atoms with Crippen LogP contribution in [0.2, 0.25) is 0 Å². The van der Waals surface area contributed by atoms with Crippen LogP contribution < -0.4 is 0 Å². The molecule has 1 saturated heterocycles. The average molecular weight is 299 g/mol. The molecule has 0 spiro atoms. The Morgan fingerprint density at radius 3 is 2.71 bits per heavy atom. The Kier molecular flexibility index (Phi) is 5.96. The lowest BCUT2D eigenvalue weighted by molar-refractivity contribution is 0.412. The van der Waals surface area contributed by atoms with Crippen molar-refractivity contribution in [1.82, 2.24) is 4.90 Å². The molecule has 0 aliphatic carbocycles. The second-order valence-electron chi connectivity index (χ2n) is 4.72. The van der Waals surface area contributed by atoms with Crippen LogP contribution in [-0.2, 0) is 0 Å². The summed E-state index contributed by atoms with van der Waals surface area (Å²) in [5.41, 5.74) is 1.36. The molecule has 2 nitrogen and oxygen atoms in total. The average Bonchev–Trinajstić information content (AvgIpc) is 2.72. The van der Waals surface area contributed by atoms with Crippen LogP contribution in [0.1, 0.15) is 47.0 Å². The molecule has 0 aromatic carbocycles. The van der Waals surface area contributed by atoms with E-state index >= 15 is 0 Å². The van der Waals surface area contributed by atoms with E-state index in [1.807, 2.05) is 6.20 Å². The summed E-state index contributed by atoms with van der Waals surface area (Å²) in [6.07, 6.45) is 7.68. The highest BCUT2D eigenvalue weighted by Gasteiger charge is 2.20. The highest BCUT2D eigenvalue weighted by molar-refractivity contribution is 9.11. The lowest BCUT2D eigenvalue weighted by Gasteiger charge is -2.22. The maximum Gasteiger partial charge on any atom is 0.101 e. The normalized spacial score (nSPS) is 23.5. The van der Waals surface area contributed by atoms with Crippen molar-refractivity contribution in [1.29, 1.82) is 0 Å². The maximum absolute atomic E-state index is 4.53. The van der Waals surface area contributed by atoms with E-state index in [0.29, 0.717) is 6.04 Å². The van der Waals surface area contributed by atoms with Gasteiger partial charge < -0.3 is 4.90 Å². The Balaban J connectivity index is 2.66. The van der Waals surface area contributed by atoms with Gasteiger partial charge in [-0.05, 0) is 62.0 Å². The van der Waals surface area contributed by atoms with Gasteiger partial charge in [-0.2, -0.15) is 0 Å². The zero-order chi connectivity index (χ0) is 12.8. The van der Waals surface area contributed by atoms with Crippen molar-refractivity contribution in [2.45, 2.75) is 53.0 Å². The van der Waals surface area contributed by atoms with E-state index in [1.165, 1.54) is 18.4 Å². The van der Waals surface area contributed by atoms with E-state index in [2.05, 4.69) is 59.6 Å². The number of likely N-dealkylation sites (tertiary alicyclic amines) is 1. The van der Waals surface area contributed by atoms with Crippen LogP contribution in [0.3, 0.4) is 0 Å². The third-order valence-electron chi connectivity index (χ3n) is 3.29. The molecule has 96 valence electrons. The van der Waals surface area contributed by atoms with Crippen LogP contribution in [0.4, 0.5) is 0 Å². The van der Waals surface area contributed by atoms with E-state index in [-0.39, 0.29) is 0 Å². The first-order valence-corrected chi connectivity index (χ1v) is 7.17. The number of hydrogen-bond donors (Lipinski definition) is 0. The maximum atomic E-state index is 4.53. The van der Waals surface area contributed by atoms with Crippen molar-refractivity contribution in [3.63, 3.8) is 0 Å². The molecule has 1 atom stereocenters. The smallest absolute Gasteiger partial charge is 0.101 e. The fourth-order valence-corrected chi connectivity index (χ4v) is 2.51. The summed E-state index contributed by atoms with van der Waals surface area (Å²) in [5, 5.41) is 0. The Morgan fingerprint density at radius 1 is 1.47 bits per heavy atom. The van der Waals surface area contributed by atoms with Crippen molar-refractivity contribution in [3.05, 3.63) is 22.3 Å². The van der Waals surface area contributed by atoms with Crippen LogP contribution in [0, 0.1) is 0 Å². The van der Waals surface area contributed by atoms with E-state index in [1.54, 1.807) is 0 Å². The van der Waals surface area contributed by atoms with Gasteiger partial charge in [0.25, 0.3) is 0 Å². The predicted molar refractivity (Wildman–Crippen MR) is 79.6 cm³/mol. The Bertz CT molecular complexity index is 342. The predicted octanol–water partition coefficient (Wildman–Crippen LogP) is 4.48. The molecule has 0 saturated carbocycles. The summed E-state index contributed by atoms with van der Waals surface area (Å²) >= 11 is 3.53. The van der Waals surface area contributed by atoms with Gasteiger partial charge >= 0.3 is 0 Å². The number of nitrogens with zero attached hydrogens (tertiary/aromatic N) is 2. The molecule has 0 radical (unpaired) electrons. The number of aliphatic imine (C=N–C) groups is 1. The minimum Gasteiger partial charge on any atom is -0.358 e. The lowest BCUT2D eigenvalue weighted by atomic mass is 10.2. The minimum absolute atomic E-state index is 0.638. The molecule has 1 fully saturated rings. The molecule has 0 bridgehead atoms. The zero-order valence-electron chi connectivity index (χ0n) is 11.3. The molecule has 0 amide bonds. The van der Waals surface area contributed by atoms with Gasteiger partial charge in [0.05, 0.1) is 0 Å². The van der Waals surface area contributed by atoms with Crippen LogP contribution in [-0.4, -0.2) is 23.3 Å². The SMILES string of the molecule is CC/C(C)=C\C(Br)=C/N=C(C)N1CCC[C@@H]1C. The van der Waals surface area contributed by atoms with Crippen LogP contribution in [0.5, 0.6) is 0 Å². The summed E-state index contributed by atoms with van der Waals surface area (Å²) in [6, 6.07) is 0.638. The van der Waals surface area contributed by atoms with Gasteiger partial charge in [0.15, 0.2) is 0 Å². The largest absolute Gasteiger partial charge is 0.358 e. The molecule has 0 unspecified atom stereocenters. The third kappa shape index (κ3) is 4.66. The van der Waals surface area contributed by atoms with Crippen molar-refractivity contribution in [2.75, 3.05) is 6.54 Å². The number of halogens is 1. The molecule has 1 aliphatic rings. The standard InChI is InChI=1S/C14H23BrN2/c1-5-11(2)9-14(15)10-16-13(4)17-8-6-7-12(17)3/h9-10,12H,5-8H2,1-4H3/b11-9-,14-10+,16-13?/t12-/m0/s1. The molecule has 3 heteroatoms. The van der Waals surface area contributed by atoms with Crippen molar-refractivity contribution in [3.8, 4) is 0 Å². The highest BCUT2D eigenvalue weighted by Crippen LogP contribution is 2.17. The summed E-state index contributed by atoms with van der Waals surface area (Å²) in [7, 11) is 0. The molecule has 1 aliphatic heterocycles. The summed E-state index contributed by atoms with van der Waals surface area (Å²) < 4.78 is 1.04. The van der Waals surface area contributed by atoms with Gasteiger partial charge in [-0.25, -0.2) is 4.99 Å². The second kappa shape index (κ2) is 7.00. The molecule has 0 aromatic heterocycles. The van der Waals surface area contributed by atoms with E-state index < -0.39 is 0 Å². The van der Waals surface area contributed by atoms with Crippen LogP contribution in [0.15, 0.2) is 27.3 Å². The van der Waals surface area contributed by atoms with Gasteiger partial charge in [0, 0.05) is 23.3 Å². The fraction of sp³-hybridized carbons (Fsp3) is 0.643. The molecule has 1 rings (SSSR count). The Hall–Kier alpha value is -0.570. The molecular weight excluding hydrogens is 276 g/mol. The van der Waals surface area contributed by atoms with Gasteiger partial charge in [-0.3, -0.25) is 0 Å². The molecule has 0 aromatic rings. The molecule has 0 N–H and O–H groups in total. The van der Waals surface area contributed by atoms with Gasteiger partial charge in [0.1, 0.15) is 5.84 Å². The monoisotopic (exact) mass is 298 g/mol. The van der Waals surface area contributed by atoms with Gasteiger partial charge in [0.2, 0.25) is 0 Å². The molecule has 1 heterocycles. The molecular formula is C14H23BrN2. The zero-order valence-corrected chi connectivity index (χ0v) is 12.9. The van der Waals surface area contributed by atoms with E-state index in [4.69, 9.17) is 0 Å². The summed E-state index contributed by atoms with van der Waals surface area (Å²) in [6.45, 7) is 9.80. The number of hydrogen-bond acceptors (Lipinski definition) is 1. The van der Waals surface area contributed by atoms with Gasteiger partial charge in [-0.15, -0.1) is 0 Å². The first-order chi connectivity index (χ1) is 8.04. The van der Waals surface area contributed by atoms with Crippen LogP contribution >= 0.6 is 15.9 Å². The van der Waals surface area contributed by atoms with Crippen molar-refractivity contribution >= 4 is 21.8 Å². The Labute approximate surface area is 114 Å². The minimum atomic E-state index is 0.638.